The van der Waals surface area contributed by atoms with Gasteiger partial charge in [-0.2, -0.15) is 0 Å². The second kappa shape index (κ2) is 7.99. The molecule has 1 aliphatic heterocycles. The van der Waals surface area contributed by atoms with Crippen molar-refractivity contribution in [1.29, 1.82) is 0 Å². The highest BCUT2D eigenvalue weighted by atomic mass is 35.5. The van der Waals surface area contributed by atoms with Gasteiger partial charge >= 0.3 is 0 Å². The lowest BCUT2D eigenvalue weighted by Crippen LogP contribution is -2.44. The zero-order valence-electron chi connectivity index (χ0n) is 14.0. The van der Waals surface area contributed by atoms with E-state index in [4.69, 9.17) is 16.3 Å². The lowest BCUT2D eigenvalue weighted by atomic mass is 10.0. The van der Waals surface area contributed by atoms with Crippen molar-refractivity contribution in [2.75, 3.05) is 32.8 Å². The van der Waals surface area contributed by atoms with E-state index in [0.717, 1.165) is 18.7 Å². The number of hydrogen-bond acceptors (Lipinski definition) is 3. The first-order valence-electron chi connectivity index (χ1n) is 8.22. The topological polar surface area (TPSA) is 46.5 Å². The normalized spacial score (nSPS) is 16.6. The quantitative estimate of drug-likeness (QED) is 0.886. The van der Waals surface area contributed by atoms with Crippen LogP contribution < -0.4 is 5.32 Å². The Kier molecular flexibility index (Phi) is 5.73. The molecular formula is C18H21ClFN3O2. The van der Waals surface area contributed by atoms with Crippen LogP contribution in [0.15, 0.2) is 36.5 Å². The lowest BCUT2D eigenvalue weighted by molar-refractivity contribution is 0.0162. The summed E-state index contributed by atoms with van der Waals surface area (Å²) in [6.45, 7) is 3.27. The van der Waals surface area contributed by atoms with Crippen molar-refractivity contribution in [2.24, 2.45) is 7.05 Å². The number of hydrogen-bond donors (Lipinski definition) is 1. The van der Waals surface area contributed by atoms with Crippen LogP contribution in [0, 0.1) is 5.82 Å². The maximum Gasteiger partial charge on any atom is 0.268 e. The smallest absolute Gasteiger partial charge is 0.268 e. The van der Waals surface area contributed by atoms with Crippen LogP contribution in [-0.4, -0.2) is 48.2 Å². The van der Waals surface area contributed by atoms with Gasteiger partial charge in [0.05, 0.1) is 24.3 Å². The van der Waals surface area contributed by atoms with Gasteiger partial charge in [-0.25, -0.2) is 4.39 Å². The van der Waals surface area contributed by atoms with Crippen LogP contribution >= 0.6 is 11.6 Å². The molecule has 1 aromatic heterocycles. The van der Waals surface area contributed by atoms with Crippen LogP contribution in [0.1, 0.15) is 22.1 Å². The molecule has 1 aliphatic rings. The lowest BCUT2D eigenvalue weighted by Gasteiger charge is -2.35. The number of benzene rings is 1. The number of amides is 1. The minimum Gasteiger partial charge on any atom is -0.379 e. The van der Waals surface area contributed by atoms with Gasteiger partial charge in [-0.15, -0.1) is 0 Å². The van der Waals surface area contributed by atoms with Crippen LogP contribution in [0.3, 0.4) is 0 Å². The number of nitrogens with one attached hydrogen (secondary N) is 1. The molecule has 1 atom stereocenters. The molecular weight excluding hydrogens is 345 g/mol. The number of aromatic nitrogens is 1. The summed E-state index contributed by atoms with van der Waals surface area (Å²) >= 11 is 5.95. The van der Waals surface area contributed by atoms with Crippen molar-refractivity contribution in [2.45, 2.75) is 6.04 Å². The monoisotopic (exact) mass is 365 g/mol. The van der Waals surface area contributed by atoms with Crippen molar-refractivity contribution in [3.8, 4) is 0 Å². The average molecular weight is 366 g/mol. The Morgan fingerprint density at radius 3 is 2.60 bits per heavy atom. The Hall–Kier alpha value is -1.89. The number of aryl methyl sites for hydroxylation is 1. The van der Waals surface area contributed by atoms with Gasteiger partial charge in [0.2, 0.25) is 0 Å². The molecule has 25 heavy (non-hydrogen) atoms. The summed E-state index contributed by atoms with van der Waals surface area (Å²) < 4.78 is 20.4. The van der Waals surface area contributed by atoms with Crippen molar-refractivity contribution >= 4 is 17.5 Å². The molecule has 0 aliphatic carbocycles. The van der Waals surface area contributed by atoms with E-state index in [1.807, 2.05) is 0 Å². The predicted octanol–water partition coefficient (Wildman–Crippen LogP) is 2.62. The minimum absolute atomic E-state index is 0.0378. The number of carbonyl (C=O) groups excluding carboxylic acids is 1. The molecule has 1 aromatic carbocycles. The minimum atomic E-state index is -0.271. The first kappa shape index (κ1) is 17.9. The molecule has 2 heterocycles. The van der Waals surface area contributed by atoms with Gasteiger partial charge in [0.15, 0.2) is 0 Å². The predicted molar refractivity (Wildman–Crippen MR) is 94.3 cm³/mol. The first-order valence-corrected chi connectivity index (χ1v) is 8.59. The third kappa shape index (κ3) is 4.39. The fraction of sp³-hybridized carbons (Fsp3) is 0.389. The first-order chi connectivity index (χ1) is 12.0. The fourth-order valence-corrected chi connectivity index (χ4v) is 3.31. The van der Waals surface area contributed by atoms with Gasteiger partial charge in [0.1, 0.15) is 11.5 Å². The van der Waals surface area contributed by atoms with Crippen LogP contribution in [0.4, 0.5) is 4.39 Å². The molecule has 0 radical (unpaired) electrons. The molecule has 2 aromatic rings. The largest absolute Gasteiger partial charge is 0.379 e. The SMILES string of the molecule is Cn1cc(Cl)cc1C(=O)NC[C@@H](c1ccc(F)cc1)N1CCOCC1. The van der Waals surface area contributed by atoms with E-state index in [0.29, 0.717) is 30.5 Å². The van der Waals surface area contributed by atoms with E-state index < -0.39 is 0 Å². The third-order valence-electron chi connectivity index (χ3n) is 4.40. The fourth-order valence-electron chi connectivity index (χ4n) is 3.06. The third-order valence-corrected chi connectivity index (χ3v) is 4.61. The molecule has 0 saturated carbocycles. The number of carbonyl (C=O) groups is 1. The molecule has 1 N–H and O–H groups in total. The molecule has 0 unspecified atom stereocenters. The summed E-state index contributed by atoms with van der Waals surface area (Å²) in [5.41, 5.74) is 1.47. The van der Waals surface area contributed by atoms with Crippen LogP contribution in [-0.2, 0) is 11.8 Å². The Morgan fingerprint density at radius 1 is 1.32 bits per heavy atom. The Morgan fingerprint density at radius 2 is 2.00 bits per heavy atom. The van der Waals surface area contributed by atoms with Gasteiger partial charge in [-0.05, 0) is 23.8 Å². The number of ether oxygens (including phenoxy) is 1. The Labute approximate surface area is 151 Å². The van der Waals surface area contributed by atoms with Gasteiger partial charge in [-0.1, -0.05) is 23.7 Å². The molecule has 3 rings (SSSR count). The molecule has 1 amide bonds. The number of halogens is 2. The summed E-state index contributed by atoms with van der Waals surface area (Å²) in [7, 11) is 1.78. The van der Waals surface area contributed by atoms with Gasteiger partial charge in [0, 0.05) is 32.9 Å². The van der Waals surface area contributed by atoms with Gasteiger partial charge in [-0.3, -0.25) is 9.69 Å². The van der Waals surface area contributed by atoms with Crippen molar-refractivity contribution in [1.82, 2.24) is 14.8 Å². The molecule has 7 heteroatoms. The van der Waals surface area contributed by atoms with Gasteiger partial charge in [0.25, 0.3) is 5.91 Å². The van der Waals surface area contributed by atoms with Crippen LogP contribution in [0.5, 0.6) is 0 Å². The van der Waals surface area contributed by atoms with E-state index in [1.54, 1.807) is 36.0 Å². The Balaban J connectivity index is 1.74. The van der Waals surface area contributed by atoms with Crippen LogP contribution in [0.2, 0.25) is 5.02 Å². The second-order valence-electron chi connectivity index (χ2n) is 6.08. The zero-order chi connectivity index (χ0) is 17.8. The maximum atomic E-state index is 13.3. The Bertz CT molecular complexity index is 726. The average Bonchev–Trinajstić information content (AvgIpc) is 2.96. The molecule has 1 fully saturated rings. The van der Waals surface area contributed by atoms with Crippen molar-refractivity contribution in [3.05, 3.63) is 58.6 Å². The molecule has 5 nitrogen and oxygen atoms in total. The van der Waals surface area contributed by atoms with Gasteiger partial charge < -0.3 is 14.6 Å². The van der Waals surface area contributed by atoms with E-state index in [1.165, 1.54) is 12.1 Å². The molecule has 0 bridgehead atoms. The van der Waals surface area contributed by atoms with Crippen LogP contribution in [0.25, 0.3) is 0 Å². The molecule has 134 valence electrons. The summed E-state index contributed by atoms with van der Waals surface area (Å²) in [5.74, 6) is -0.457. The summed E-state index contributed by atoms with van der Waals surface area (Å²) in [4.78, 5) is 14.7. The standard InChI is InChI=1S/C18H21ClFN3O2/c1-22-12-14(19)10-16(22)18(24)21-11-17(23-6-8-25-9-7-23)13-2-4-15(20)5-3-13/h2-5,10,12,17H,6-9,11H2,1H3,(H,21,24)/t17-/m0/s1. The number of nitrogens with zero attached hydrogens (tertiary/aromatic N) is 2. The van der Waals surface area contributed by atoms with Crippen molar-refractivity contribution in [3.63, 3.8) is 0 Å². The number of rotatable bonds is 5. The van der Waals surface area contributed by atoms with E-state index in [-0.39, 0.29) is 17.8 Å². The molecule has 0 spiro atoms. The van der Waals surface area contributed by atoms with Crippen molar-refractivity contribution < 1.29 is 13.9 Å². The number of morpholine rings is 1. The zero-order valence-corrected chi connectivity index (χ0v) is 14.8. The van der Waals surface area contributed by atoms with E-state index in [9.17, 15) is 9.18 Å². The highest BCUT2D eigenvalue weighted by molar-refractivity contribution is 6.31. The van der Waals surface area contributed by atoms with E-state index in [2.05, 4.69) is 10.2 Å². The highest BCUT2D eigenvalue weighted by Crippen LogP contribution is 2.22. The summed E-state index contributed by atoms with van der Waals surface area (Å²) in [6, 6.07) is 8.02. The molecule has 1 saturated heterocycles. The maximum absolute atomic E-state index is 13.3. The van der Waals surface area contributed by atoms with E-state index >= 15 is 0 Å². The summed E-state index contributed by atoms with van der Waals surface area (Å²) in [6.07, 6.45) is 1.69. The highest BCUT2D eigenvalue weighted by Gasteiger charge is 2.24. The summed E-state index contributed by atoms with van der Waals surface area (Å²) in [5, 5.41) is 3.49. The second-order valence-corrected chi connectivity index (χ2v) is 6.52.